The topological polar surface area (TPSA) is 37.3 Å². The first-order chi connectivity index (χ1) is 4.91. The average molecular weight is 160 g/mol. The van der Waals surface area contributed by atoms with Crippen LogP contribution in [-0.4, -0.2) is 42.2 Å². The van der Waals surface area contributed by atoms with Gasteiger partial charge in [0, 0.05) is 0 Å². The largest absolute Gasteiger partial charge is 0.477 e. The second-order valence-electron chi connectivity index (χ2n) is 3.52. The van der Waals surface area contributed by atoms with Crippen LogP contribution in [0.5, 0.6) is 0 Å². The number of carboxylic acid groups (broad SMARTS) is 1. The normalized spacial score (nSPS) is 14.5. The number of hydrogen-bond acceptors (Lipinski definition) is 1. The molecule has 0 aromatic heterocycles. The van der Waals surface area contributed by atoms with Crippen molar-refractivity contribution < 1.29 is 14.4 Å². The summed E-state index contributed by atoms with van der Waals surface area (Å²) in [5, 5.41) is 8.73. The molecule has 1 unspecified atom stereocenters. The van der Waals surface area contributed by atoms with Crippen LogP contribution in [0.4, 0.5) is 0 Å². The number of likely N-dealkylation sites (N-methyl/N-ethyl adjacent to an activating group) is 1. The van der Waals surface area contributed by atoms with Crippen LogP contribution < -0.4 is 0 Å². The van der Waals surface area contributed by atoms with Gasteiger partial charge in [-0.1, -0.05) is 6.92 Å². The summed E-state index contributed by atoms with van der Waals surface area (Å²) < 4.78 is 0.561. The lowest BCUT2D eigenvalue weighted by atomic mass is 10.2. The van der Waals surface area contributed by atoms with Crippen molar-refractivity contribution in [3.8, 4) is 0 Å². The van der Waals surface area contributed by atoms with E-state index in [0.717, 1.165) is 13.0 Å². The van der Waals surface area contributed by atoms with Gasteiger partial charge in [0.1, 0.15) is 0 Å². The van der Waals surface area contributed by atoms with E-state index in [2.05, 4.69) is 6.92 Å². The molecule has 0 aromatic rings. The predicted molar refractivity (Wildman–Crippen MR) is 44.4 cm³/mol. The molecule has 0 aliphatic carbocycles. The number of hydrogen-bond donors (Lipinski definition) is 1. The fourth-order valence-corrected chi connectivity index (χ4v) is 1.07. The van der Waals surface area contributed by atoms with Crippen LogP contribution >= 0.6 is 0 Å². The van der Waals surface area contributed by atoms with Gasteiger partial charge in [-0.25, -0.2) is 4.79 Å². The molecule has 3 heteroatoms. The van der Waals surface area contributed by atoms with Gasteiger partial charge in [0.25, 0.3) is 0 Å². The molecular weight excluding hydrogens is 142 g/mol. The summed E-state index contributed by atoms with van der Waals surface area (Å²) in [5.41, 5.74) is 0. The summed E-state index contributed by atoms with van der Waals surface area (Å²) in [5.74, 6) is -0.719. The van der Waals surface area contributed by atoms with Gasteiger partial charge in [-0.05, 0) is 13.3 Å². The van der Waals surface area contributed by atoms with Crippen molar-refractivity contribution in [3.63, 3.8) is 0 Å². The third-order valence-corrected chi connectivity index (χ3v) is 2.21. The van der Waals surface area contributed by atoms with E-state index in [-0.39, 0.29) is 6.04 Å². The Morgan fingerprint density at radius 1 is 1.55 bits per heavy atom. The maximum atomic E-state index is 10.6. The lowest BCUT2D eigenvalue weighted by Crippen LogP contribution is -2.51. The van der Waals surface area contributed by atoms with Crippen LogP contribution in [-0.2, 0) is 4.79 Å². The summed E-state index contributed by atoms with van der Waals surface area (Å²) >= 11 is 0. The molecule has 0 fully saturated rings. The van der Waals surface area contributed by atoms with Crippen molar-refractivity contribution in [2.75, 3.05) is 20.6 Å². The van der Waals surface area contributed by atoms with E-state index >= 15 is 0 Å². The minimum atomic E-state index is -0.719. The number of quaternary nitrogens is 1. The van der Waals surface area contributed by atoms with Gasteiger partial charge in [0.15, 0.2) is 6.04 Å². The van der Waals surface area contributed by atoms with E-state index in [1.165, 1.54) is 0 Å². The summed E-state index contributed by atoms with van der Waals surface area (Å²) in [6.07, 6.45) is 1.02. The molecule has 0 saturated heterocycles. The Kier molecular flexibility index (Phi) is 3.52. The molecule has 0 rings (SSSR count). The highest BCUT2D eigenvalue weighted by molar-refractivity contribution is 5.71. The summed E-state index contributed by atoms with van der Waals surface area (Å²) in [4.78, 5) is 10.6. The van der Waals surface area contributed by atoms with Gasteiger partial charge < -0.3 is 9.59 Å². The molecule has 0 radical (unpaired) electrons. The van der Waals surface area contributed by atoms with E-state index < -0.39 is 5.97 Å². The predicted octanol–water partition coefficient (Wildman–Crippen LogP) is 0.946. The highest BCUT2D eigenvalue weighted by Crippen LogP contribution is 2.07. The number of carbonyl (C=O) groups is 1. The van der Waals surface area contributed by atoms with Crippen molar-refractivity contribution in [1.82, 2.24) is 0 Å². The summed E-state index contributed by atoms with van der Waals surface area (Å²) in [6, 6.07) is -0.310. The fourth-order valence-electron chi connectivity index (χ4n) is 1.07. The van der Waals surface area contributed by atoms with Crippen LogP contribution in [0.25, 0.3) is 0 Å². The Morgan fingerprint density at radius 3 is 2.27 bits per heavy atom. The average Bonchev–Trinajstić information content (AvgIpc) is 1.86. The van der Waals surface area contributed by atoms with E-state index in [9.17, 15) is 4.79 Å². The first-order valence-corrected chi connectivity index (χ1v) is 3.97. The highest BCUT2D eigenvalue weighted by atomic mass is 16.4. The molecule has 0 aromatic carbocycles. The van der Waals surface area contributed by atoms with Crippen molar-refractivity contribution in [2.24, 2.45) is 0 Å². The number of aliphatic carboxylic acids is 1. The van der Waals surface area contributed by atoms with Crippen LogP contribution in [0.3, 0.4) is 0 Å². The Balaban J connectivity index is 4.16. The lowest BCUT2D eigenvalue weighted by molar-refractivity contribution is -0.904. The molecule has 0 heterocycles. The minimum Gasteiger partial charge on any atom is -0.477 e. The molecule has 1 N–H and O–H groups in total. The van der Waals surface area contributed by atoms with Crippen LogP contribution in [0, 0.1) is 0 Å². The van der Waals surface area contributed by atoms with Gasteiger partial charge in [0.05, 0.1) is 20.6 Å². The van der Waals surface area contributed by atoms with Crippen LogP contribution in [0.15, 0.2) is 0 Å². The third-order valence-electron chi connectivity index (χ3n) is 2.21. The summed E-state index contributed by atoms with van der Waals surface area (Å²) in [7, 11) is 3.89. The maximum absolute atomic E-state index is 10.6. The molecule has 0 aliphatic heterocycles. The molecule has 0 amide bonds. The minimum absolute atomic E-state index is 0.310. The van der Waals surface area contributed by atoms with Gasteiger partial charge >= 0.3 is 5.97 Å². The Bertz CT molecular complexity index is 143. The molecule has 0 aliphatic rings. The van der Waals surface area contributed by atoms with Crippen LogP contribution in [0.2, 0.25) is 0 Å². The van der Waals surface area contributed by atoms with Crippen molar-refractivity contribution >= 4 is 5.97 Å². The number of carboxylic acids is 1. The molecule has 0 bridgehead atoms. The molecule has 66 valence electrons. The van der Waals surface area contributed by atoms with E-state index in [0.29, 0.717) is 4.48 Å². The zero-order chi connectivity index (χ0) is 9.07. The van der Waals surface area contributed by atoms with Gasteiger partial charge in [-0.15, -0.1) is 0 Å². The molecule has 3 nitrogen and oxygen atoms in total. The van der Waals surface area contributed by atoms with E-state index in [4.69, 9.17) is 5.11 Å². The zero-order valence-corrected chi connectivity index (χ0v) is 7.79. The standard InChI is InChI=1S/C8H17NO2/c1-5-6-9(3,4)7(2)8(10)11/h7H,5-6H2,1-4H3/p+1. The smallest absolute Gasteiger partial charge is 0.362 e. The Hall–Kier alpha value is -0.570. The highest BCUT2D eigenvalue weighted by Gasteiger charge is 2.28. The van der Waals surface area contributed by atoms with Crippen molar-refractivity contribution in [1.29, 1.82) is 0 Å². The SMILES string of the molecule is CCC[N+](C)(C)C(C)C(=O)O. The maximum Gasteiger partial charge on any atom is 0.362 e. The Morgan fingerprint density at radius 2 is 2.00 bits per heavy atom. The van der Waals surface area contributed by atoms with E-state index in [1.807, 2.05) is 14.1 Å². The fraction of sp³-hybridized carbons (Fsp3) is 0.875. The molecule has 11 heavy (non-hydrogen) atoms. The van der Waals surface area contributed by atoms with Gasteiger partial charge in [-0.2, -0.15) is 0 Å². The lowest BCUT2D eigenvalue weighted by Gasteiger charge is -2.33. The molecule has 1 atom stereocenters. The second-order valence-corrected chi connectivity index (χ2v) is 3.52. The monoisotopic (exact) mass is 160 g/mol. The third kappa shape index (κ3) is 2.89. The molecule has 0 spiro atoms. The summed E-state index contributed by atoms with van der Waals surface area (Å²) in [6.45, 7) is 4.72. The first-order valence-electron chi connectivity index (χ1n) is 3.97. The molecule has 0 saturated carbocycles. The van der Waals surface area contributed by atoms with Gasteiger partial charge in [-0.3, -0.25) is 0 Å². The first kappa shape index (κ1) is 10.4. The second kappa shape index (κ2) is 3.72. The quantitative estimate of drug-likeness (QED) is 0.622. The number of nitrogens with zero attached hydrogens (tertiary/aromatic N) is 1. The van der Waals surface area contributed by atoms with Crippen molar-refractivity contribution in [2.45, 2.75) is 26.3 Å². The van der Waals surface area contributed by atoms with Crippen molar-refractivity contribution in [3.05, 3.63) is 0 Å². The molecular formula is C8H18NO2+. The van der Waals surface area contributed by atoms with Gasteiger partial charge in [0.2, 0.25) is 0 Å². The zero-order valence-electron chi connectivity index (χ0n) is 7.79. The van der Waals surface area contributed by atoms with E-state index in [1.54, 1.807) is 6.92 Å². The van der Waals surface area contributed by atoms with Crippen LogP contribution in [0.1, 0.15) is 20.3 Å². The number of rotatable bonds is 4. The Labute approximate surface area is 68.2 Å².